The van der Waals surface area contributed by atoms with Gasteiger partial charge in [0.05, 0.1) is 12.3 Å². The molecule has 11 aliphatic rings. The lowest BCUT2D eigenvalue weighted by atomic mass is 9.68. The minimum absolute atomic E-state index is 0.160. The van der Waals surface area contributed by atoms with Gasteiger partial charge in [-0.15, -0.1) is 0 Å². The fraction of sp³-hybridized carbons (Fsp3) is 0.843. The molecule has 11 rings (SSSR count). The average molecular weight is 778 g/mol. The third kappa shape index (κ3) is 7.58. The van der Waals surface area contributed by atoms with Crippen molar-refractivity contribution in [1.82, 2.24) is 26.2 Å². The number of fused-ring (bicyclic) bond motifs is 5. The molecule has 2 saturated heterocycles. The van der Waals surface area contributed by atoms with Crippen molar-refractivity contribution in [1.29, 1.82) is 0 Å². The molecular weight excluding hydrogens is 699 g/mol. The predicted octanol–water partition coefficient (Wildman–Crippen LogP) is 10.8. The fourth-order valence-electron chi connectivity index (χ4n) is 15.6. The first-order chi connectivity index (χ1) is 28.2. The summed E-state index contributed by atoms with van der Waals surface area (Å²) in [6, 6.07) is 2.13. The minimum atomic E-state index is 0.160. The van der Waals surface area contributed by atoms with E-state index in [2.05, 4.69) is 44.4 Å². The Morgan fingerprint density at radius 2 is 1.37 bits per heavy atom. The fourth-order valence-corrected chi connectivity index (χ4v) is 15.6. The summed E-state index contributed by atoms with van der Waals surface area (Å²) in [6.07, 6.45) is 48.9. The second-order valence-corrected chi connectivity index (χ2v) is 21.5. The Morgan fingerprint density at radius 1 is 0.614 bits per heavy atom. The molecule has 4 N–H and O–H groups in total. The van der Waals surface area contributed by atoms with Gasteiger partial charge in [-0.1, -0.05) is 95.3 Å². The van der Waals surface area contributed by atoms with Crippen LogP contribution in [0.15, 0.2) is 46.4 Å². The zero-order valence-electron chi connectivity index (χ0n) is 35.7. The molecule has 12 atom stereocenters. The predicted molar refractivity (Wildman–Crippen MR) is 232 cm³/mol. The van der Waals surface area contributed by atoms with Crippen LogP contribution in [-0.2, 0) is 4.74 Å². The Morgan fingerprint density at radius 3 is 2.28 bits per heavy atom. The van der Waals surface area contributed by atoms with Crippen molar-refractivity contribution in [2.24, 2.45) is 41.4 Å². The lowest BCUT2D eigenvalue weighted by Crippen LogP contribution is -2.73. The normalized spacial score (nSPS) is 43.2. The molecule has 0 bridgehead atoms. The molecule has 6 nitrogen and oxygen atoms in total. The average Bonchev–Trinajstić information content (AvgIpc) is 3.83. The molecule has 4 saturated carbocycles. The van der Waals surface area contributed by atoms with Crippen LogP contribution in [0, 0.1) is 41.4 Å². The van der Waals surface area contributed by atoms with Gasteiger partial charge in [0.1, 0.15) is 18.2 Å². The molecule has 0 aromatic carbocycles. The quantitative estimate of drug-likeness (QED) is 0.193. The standard InChI is InChI=1S/C51H79N5O/c1-3-15-33(16-4-1)34-17-13-18-36(31-34)49-53-50(55-51(54-49)56-45-27-11-8-22-39(45)40-23-9-12-28-46(40)56)43-25-14-24-42-41-30-29-35(32-47(41)57-48(42)43)38-21-7-10-26-44(38)52-37-19-5-2-6-20-37/h18,29-30,33-35,37-39,41-42,44-45,47,49-55H,1-17,19-28,31-32H2. The molecule has 12 unspecified atom stereocenters. The lowest BCUT2D eigenvalue weighted by Gasteiger charge is -2.49. The molecule has 0 radical (unpaired) electrons. The lowest BCUT2D eigenvalue weighted by molar-refractivity contribution is 0.0497. The summed E-state index contributed by atoms with van der Waals surface area (Å²) in [5, 5.41) is 17.3. The third-order valence-electron chi connectivity index (χ3n) is 18.4. The summed E-state index contributed by atoms with van der Waals surface area (Å²) in [5.74, 6) is 6.55. The van der Waals surface area contributed by atoms with Gasteiger partial charge in [0.2, 0.25) is 0 Å². The number of hydrogen-bond donors (Lipinski definition) is 4. The number of allylic oxidation sites excluding steroid dienone is 4. The number of nitrogens with one attached hydrogen (secondary N) is 4. The SMILES string of the molecule is C1=CC2C(CC1C1CCCCC1NC1CCCCC1)OC1=C(C3NC(C4=CCCC(C5CCCCC5)C4)NC(N4C5=C(CCCC5)C5CCCCC54)N3)CCCC12. The highest BCUT2D eigenvalue weighted by molar-refractivity contribution is 5.32. The Bertz CT molecular complexity index is 1550. The van der Waals surface area contributed by atoms with Gasteiger partial charge in [-0.2, -0.15) is 0 Å². The zero-order chi connectivity index (χ0) is 37.7. The van der Waals surface area contributed by atoms with Crippen LogP contribution in [0.3, 0.4) is 0 Å². The molecule has 314 valence electrons. The van der Waals surface area contributed by atoms with E-state index in [0.29, 0.717) is 35.9 Å². The summed E-state index contributed by atoms with van der Waals surface area (Å²) in [5.41, 5.74) is 6.83. The molecule has 57 heavy (non-hydrogen) atoms. The number of hydrogen-bond acceptors (Lipinski definition) is 6. The van der Waals surface area contributed by atoms with Crippen LogP contribution in [0.4, 0.5) is 0 Å². The maximum Gasteiger partial charge on any atom is 0.137 e. The monoisotopic (exact) mass is 778 g/mol. The number of rotatable bonds is 7. The van der Waals surface area contributed by atoms with Crippen molar-refractivity contribution < 1.29 is 4.74 Å². The minimum Gasteiger partial charge on any atom is -0.494 e. The highest BCUT2D eigenvalue weighted by Gasteiger charge is 2.51. The molecule has 0 amide bonds. The number of nitrogens with zero attached hydrogens (tertiary/aromatic N) is 1. The Kier molecular flexibility index (Phi) is 11.5. The second-order valence-electron chi connectivity index (χ2n) is 21.5. The van der Waals surface area contributed by atoms with Crippen LogP contribution in [0.25, 0.3) is 0 Å². The van der Waals surface area contributed by atoms with Crippen molar-refractivity contribution in [3.05, 3.63) is 46.4 Å². The molecule has 3 heterocycles. The van der Waals surface area contributed by atoms with Crippen LogP contribution in [0.5, 0.6) is 0 Å². The van der Waals surface area contributed by atoms with Crippen molar-refractivity contribution in [2.45, 2.75) is 229 Å². The van der Waals surface area contributed by atoms with E-state index >= 15 is 0 Å². The van der Waals surface area contributed by atoms with Crippen LogP contribution >= 0.6 is 0 Å². The van der Waals surface area contributed by atoms with Crippen LogP contribution in [0.2, 0.25) is 0 Å². The summed E-state index contributed by atoms with van der Waals surface area (Å²) in [7, 11) is 0. The van der Waals surface area contributed by atoms with Gasteiger partial charge in [0.25, 0.3) is 0 Å². The first kappa shape index (κ1) is 38.3. The highest BCUT2D eigenvalue weighted by atomic mass is 16.5. The van der Waals surface area contributed by atoms with Crippen molar-refractivity contribution in [3.8, 4) is 0 Å². The zero-order valence-corrected chi connectivity index (χ0v) is 35.7. The largest absolute Gasteiger partial charge is 0.494 e. The third-order valence-corrected chi connectivity index (χ3v) is 18.4. The van der Waals surface area contributed by atoms with E-state index in [4.69, 9.17) is 4.74 Å². The molecule has 8 aliphatic carbocycles. The van der Waals surface area contributed by atoms with E-state index in [-0.39, 0.29) is 18.6 Å². The van der Waals surface area contributed by atoms with E-state index < -0.39 is 0 Å². The maximum atomic E-state index is 7.42. The van der Waals surface area contributed by atoms with Gasteiger partial charge in [0.15, 0.2) is 0 Å². The van der Waals surface area contributed by atoms with Gasteiger partial charge in [-0.25, -0.2) is 0 Å². The van der Waals surface area contributed by atoms with Crippen LogP contribution in [0.1, 0.15) is 186 Å². The number of ether oxygens (including phenoxy) is 1. The maximum absolute atomic E-state index is 7.42. The summed E-state index contributed by atoms with van der Waals surface area (Å²) in [4.78, 5) is 2.96. The molecule has 6 heteroatoms. The molecule has 0 spiro atoms. The van der Waals surface area contributed by atoms with Crippen LogP contribution < -0.4 is 21.3 Å². The van der Waals surface area contributed by atoms with Gasteiger partial charge < -0.3 is 15.0 Å². The Labute approximate surface area is 346 Å². The van der Waals surface area contributed by atoms with Crippen LogP contribution in [-0.4, -0.2) is 47.8 Å². The van der Waals surface area contributed by atoms with E-state index in [1.807, 2.05) is 5.57 Å². The van der Waals surface area contributed by atoms with E-state index in [9.17, 15) is 0 Å². The molecular formula is C51H79N5O. The highest BCUT2D eigenvalue weighted by Crippen LogP contribution is 2.52. The molecule has 6 fully saturated rings. The van der Waals surface area contributed by atoms with E-state index in [1.54, 1.807) is 16.8 Å². The summed E-state index contributed by atoms with van der Waals surface area (Å²) < 4.78 is 7.42. The van der Waals surface area contributed by atoms with E-state index in [0.717, 1.165) is 29.7 Å². The molecule has 0 aromatic heterocycles. The van der Waals surface area contributed by atoms with Gasteiger partial charge in [-0.3, -0.25) is 16.0 Å². The first-order valence-electron chi connectivity index (χ1n) is 25.6. The summed E-state index contributed by atoms with van der Waals surface area (Å²) >= 11 is 0. The van der Waals surface area contributed by atoms with Gasteiger partial charge in [0, 0.05) is 41.6 Å². The smallest absolute Gasteiger partial charge is 0.137 e. The van der Waals surface area contributed by atoms with Crippen molar-refractivity contribution >= 4 is 0 Å². The Balaban J connectivity index is 0.865. The van der Waals surface area contributed by atoms with E-state index in [1.165, 1.54) is 192 Å². The van der Waals surface area contributed by atoms with Crippen molar-refractivity contribution in [3.63, 3.8) is 0 Å². The Hall–Kier alpha value is -1.60. The van der Waals surface area contributed by atoms with Gasteiger partial charge in [-0.05, 0) is 150 Å². The molecule has 0 aromatic rings. The topological polar surface area (TPSA) is 60.6 Å². The summed E-state index contributed by atoms with van der Waals surface area (Å²) in [6.45, 7) is 0. The first-order valence-corrected chi connectivity index (χ1v) is 25.6. The van der Waals surface area contributed by atoms with Crippen molar-refractivity contribution in [2.75, 3.05) is 0 Å². The second kappa shape index (κ2) is 17.0. The van der Waals surface area contributed by atoms with Gasteiger partial charge >= 0.3 is 0 Å². The molecule has 3 aliphatic heterocycles.